The molecular weight excluding hydrogens is 530 g/mol. The van der Waals surface area contributed by atoms with Gasteiger partial charge >= 0.3 is 5.97 Å². The van der Waals surface area contributed by atoms with Crippen LogP contribution in [0, 0.1) is 6.92 Å². The monoisotopic (exact) mass is 555 g/mol. The largest absolute Gasteiger partial charge is 0.490 e. The molecule has 0 atom stereocenters. The third kappa shape index (κ3) is 7.55. The molecule has 0 saturated carbocycles. The number of anilines is 1. The van der Waals surface area contributed by atoms with Crippen LogP contribution in [0.15, 0.2) is 96.1 Å². The second-order valence-corrected chi connectivity index (χ2v) is 9.08. The number of hydrazone groups is 1. The zero-order valence-electron chi connectivity index (χ0n) is 21.8. The Morgan fingerprint density at radius 3 is 2.27 bits per heavy atom. The molecular formula is C31H26ClN3O5. The van der Waals surface area contributed by atoms with E-state index < -0.39 is 11.9 Å². The molecule has 0 fully saturated rings. The van der Waals surface area contributed by atoms with Gasteiger partial charge in [-0.05, 0) is 92.2 Å². The van der Waals surface area contributed by atoms with Gasteiger partial charge < -0.3 is 14.8 Å². The van der Waals surface area contributed by atoms with Crippen molar-refractivity contribution < 1.29 is 23.9 Å². The number of aryl methyl sites for hydroxylation is 1. The maximum Gasteiger partial charge on any atom is 0.343 e. The molecule has 0 aromatic heterocycles. The van der Waals surface area contributed by atoms with E-state index in [1.54, 1.807) is 78.9 Å². The number of amides is 2. The summed E-state index contributed by atoms with van der Waals surface area (Å²) in [5, 5.41) is 7.34. The highest BCUT2D eigenvalue weighted by Gasteiger charge is 2.14. The average Bonchev–Trinajstić information content (AvgIpc) is 2.95. The molecule has 2 N–H and O–H groups in total. The summed E-state index contributed by atoms with van der Waals surface area (Å²) >= 11 is 5.88. The van der Waals surface area contributed by atoms with Gasteiger partial charge in [-0.2, -0.15) is 5.10 Å². The van der Waals surface area contributed by atoms with Crippen LogP contribution in [-0.4, -0.2) is 30.6 Å². The Hall–Kier alpha value is -4.95. The summed E-state index contributed by atoms with van der Waals surface area (Å²) in [5.41, 5.74) is 5.72. The number of hydrogen-bond donors (Lipinski definition) is 2. The highest BCUT2D eigenvalue weighted by Crippen LogP contribution is 2.29. The van der Waals surface area contributed by atoms with E-state index in [0.29, 0.717) is 45.3 Å². The van der Waals surface area contributed by atoms with Gasteiger partial charge in [0.1, 0.15) is 0 Å². The fraction of sp³-hybridized carbons (Fsp3) is 0.0968. The molecule has 4 aromatic rings. The van der Waals surface area contributed by atoms with E-state index in [2.05, 4.69) is 15.8 Å². The van der Waals surface area contributed by atoms with Gasteiger partial charge in [-0.15, -0.1) is 0 Å². The molecule has 0 saturated heterocycles. The molecule has 0 aliphatic carbocycles. The molecule has 2 amide bonds. The Morgan fingerprint density at radius 1 is 0.825 bits per heavy atom. The lowest BCUT2D eigenvalue weighted by Crippen LogP contribution is -2.18. The normalized spacial score (nSPS) is 10.7. The fourth-order valence-corrected chi connectivity index (χ4v) is 3.79. The Labute approximate surface area is 236 Å². The minimum atomic E-state index is -0.552. The summed E-state index contributed by atoms with van der Waals surface area (Å²) in [5.74, 6) is -0.693. The van der Waals surface area contributed by atoms with Crippen LogP contribution in [0.5, 0.6) is 11.5 Å². The number of nitrogens with one attached hydrogen (secondary N) is 2. The Kier molecular flexibility index (Phi) is 9.27. The minimum absolute atomic E-state index is 0.243. The summed E-state index contributed by atoms with van der Waals surface area (Å²) < 4.78 is 11.1. The maximum atomic E-state index is 12.7. The van der Waals surface area contributed by atoms with Crippen LogP contribution >= 0.6 is 11.6 Å². The van der Waals surface area contributed by atoms with Crippen molar-refractivity contribution in [2.24, 2.45) is 5.10 Å². The number of carbonyl (C=O) groups is 3. The van der Waals surface area contributed by atoms with E-state index in [1.807, 2.05) is 26.0 Å². The van der Waals surface area contributed by atoms with Crippen LogP contribution in [-0.2, 0) is 0 Å². The minimum Gasteiger partial charge on any atom is -0.490 e. The second kappa shape index (κ2) is 13.2. The van der Waals surface area contributed by atoms with Crippen LogP contribution in [0.3, 0.4) is 0 Å². The third-order valence-corrected chi connectivity index (χ3v) is 5.84. The summed E-state index contributed by atoms with van der Waals surface area (Å²) in [6.45, 7) is 4.06. The van der Waals surface area contributed by atoms with Crippen molar-refractivity contribution in [1.29, 1.82) is 0 Å². The second-order valence-electron chi connectivity index (χ2n) is 8.64. The van der Waals surface area contributed by atoms with E-state index in [1.165, 1.54) is 6.21 Å². The molecule has 0 bridgehead atoms. The van der Waals surface area contributed by atoms with Gasteiger partial charge in [-0.1, -0.05) is 35.4 Å². The van der Waals surface area contributed by atoms with Crippen molar-refractivity contribution in [3.05, 3.63) is 124 Å². The van der Waals surface area contributed by atoms with Crippen molar-refractivity contribution in [3.8, 4) is 11.5 Å². The van der Waals surface area contributed by atoms with Crippen LogP contribution in [0.4, 0.5) is 5.69 Å². The van der Waals surface area contributed by atoms with Gasteiger partial charge in [0.05, 0.1) is 18.4 Å². The molecule has 202 valence electrons. The molecule has 9 heteroatoms. The molecule has 0 unspecified atom stereocenters. The van der Waals surface area contributed by atoms with Gasteiger partial charge in [0.25, 0.3) is 11.8 Å². The number of nitrogens with zero attached hydrogens (tertiary/aromatic N) is 1. The Balaban J connectivity index is 1.39. The van der Waals surface area contributed by atoms with Crippen LogP contribution < -0.4 is 20.2 Å². The first kappa shape index (κ1) is 28.1. The fourth-order valence-electron chi connectivity index (χ4n) is 3.66. The van der Waals surface area contributed by atoms with Gasteiger partial charge in [-0.3, -0.25) is 9.59 Å². The van der Waals surface area contributed by atoms with Gasteiger partial charge in [0.15, 0.2) is 11.5 Å². The van der Waals surface area contributed by atoms with Crippen LogP contribution in [0.25, 0.3) is 0 Å². The van der Waals surface area contributed by atoms with E-state index >= 15 is 0 Å². The summed E-state index contributed by atoms with van der Waals surface area (Å²) in [6, 6.07) is 25.0. The SMILES string of the molecule is CCOc1cc(C=NNC(=O)c2cccc(NC(=O)c3cccc(C)c3)c2)ccc1OC(=O)c1ccc(Cl)cc1. The average molecular weight is 556 g/mol. The molecule has 0 aliphatic rings. The van der Waals surface area contributed by atoms with Crippen LogP contribution in [0.2, 0.25) is 5.02 Å². The van der Waals surface area contributed by atoms with Crippen molar-refractivity contribution in [1.82, 2.24) is 5.43 Å². The summed E-state index contributed by atoms with van der Waals surface area (Å²) in [6.07, 6.45) is 1.44. The van der Waals surface area contributed by atoms with Crippen molar-refractivity contribution in [2.75, 3.05) is 11.9 Å². The van der Waals surface area contributed by atoms with E-state index in [0.717, 1.165) is 5.56 Å². The smallest absolute Gasteiger partial charge is 0.343 e. The van der Waals surface area contributed by atoms with Crippen molar-refractivity contribution in [2.45, 2.75) is 13.8 Å². The Bertz CT molecular complexity index is 1570. The quantitative estimate of drug-likeness (QED) is 0.109. The van der Waals surface area contributed by atoms with Crippen molar-refractivity contribution >= 4 is 41.3 Å². The lowest BCUT2D eigenvalue weighted by Gasteiger charge is -2.11. The van der Waals surface area contributed by atoms with E-state index in [9.17, 15) is 14.4 Å². The zero-order valence-corrected chi connectivity index (χ0v) is 22.6. The predicted octanol–water partition coefficient (Wildman–Crippen LogP) is 6.28. The van der Waals surface area contributed by atoms with E-state index in [4.69, 9.17) is 21.1 Å². The standard InChI is InChI=1S/C31H26ClN3O5/c1-3-39-28-17-21(10-15-27(28)40-31(38)22-11-13-25(32)14-12-22)19-33-35-30(37)24-8-5-9-26(18-24)34-29(36)23-7-4-6-20(2)16-23/h4-19H,3H2,1-2H3,(H,34,36)(H,35,37). The third-order valence-electron chi connectivity index (χ3n) is 5.59. The molecule has 0 aliphatic heterocycles. The number of hydrogen-bond acceptors (Lipinski definition) is 6. The summed E-state index contributed by atoms with van der Waals surface area (Å²) in [7, 11) is 0. The van der Waals surface area contributed by atoms with Crippen LogP contribution in [0.1, 0.15) is 49.1 Å². The zero-order chi connectivity index (χ0) is 28.5. The van der Waals surface area contributed by atoms with E-state index in [-0.39, 0.29) is 11.7 Å². The molecule has 4 aromatic carbocycles. The number of esters is 1. The lowest BCUT2D eigenvalue weighted by atomic mass is 10.1. The molecule has 0 spiro atoms. The highest BCUT2D eigenvalue weighted by atomic mass is 35.5. The first-order valence-electron chi connectivity index (χ1n) is 12.4. The number of ether oxygens (including phenoxy) is 2. The number of rotatable bonds is 9. The van der Waals surface area contributed by atoms with Gasteiger partial charge in [0.2, 0.25) is 0 Å². The molecule has 40 heavy (non-hydrogen) atoms. The Morgan fingerprint density at radius 2 is 1.55 bits per heavy atom. The first-order chi connectivity index (χ1) is 19.3. The summed E-state index contributed by atoms with van der Waals surface area (Å²) in [4.78, 5) is 37.7. The van der Waals surface area contributed by atoms with Crippen molar-refractivity contribution in [3.63, 3.8) is 0 Å². The highest BCUT2D eigenvalue weighted by molar-refractivity contribution is 6.30. The van der Waals surface area contributed by atoms with Gasteiger partial charge in [-0.25, -0.2) is 10.2 Å². The molecule has 4 rings (SSSR count). The number of benzene rings is 4. The molecule has 8 nitrogen and oxygen atoms in total. The molecule has 0 heterocycles. The topological polar surface area (TPSA) is 106 Å². The number of halogens is 1. The van der Waals surface area contributed by atoms with Gasteiger partial charge in [0, 0.05) is 21.8 Å². The predicted molar refractivity (Wildman–Crippen MR) is 155 cm³/mol. The maximum absolute atomic E-state index is 12.7. The molecule has 0 radical (unpaired) electrons. The number of carbonyl (C=O) groups excluding carboxylic acids is 3. The first-order valence-corrected chi connectivity index (χ1v) is 12.8. The lowest BCUT2D eigenvalue weighted by molar-refractivity contribution is 0.0728.